The molecule has 0 fully saturated rings. The van der Waals surface area contributed by atoms with Crippen molar-refractivity contribution in [3.8, 4) is 112 Å². The molecule has 28 rings (SSSR count). The molecule has 0 amide bonds. The van der Waals surface area contributed by atoms with Crippen molar-refractivity contribution in [2.45, 2.75) is 0 Å². The molecule has 22 aromatic carbocycles. The van der Waals surface area contributed by atoms with Crippen LogP contribution in [-0.4, -0.2) is 27.4 Å². The first-order chi connectivity index (χ1) is 67.4. The third-order valence-electron chi connectivity index (χ3n) is 28.2. The normalized spacial score (nSPS) is 11.8. The van der Waals surface area contributed by atoms with E-state index in [-0.39, 0.29) is 0 Å². The lowest BCUT2D eigenvalue weighted by Gasteiger charge is -2.12. The highest BCUT2D eigenvalue weighted by molar-refractivity contribution is 6.23. The fraction of sp³-hybridized carbons (Fsp3) is 0. The highest BCUT2D eigenvalue weighted by Gasteiger charge is 2.25. The lowest BCUT2D eigenvalue weighted by molar-refractivity contribution is 1.16. The Bertz CT molecular complexity index is 9610. The number of hydrogen-bond donors (Lipinski definition) is 0. The lowest BCUT2D eigenvalue weighted by atomic mass is 10.00. The standard InChI is InChI=1S/C66H43N3.C64H41N3/c1-4-15-44(16-5-1)47-27-33-52(34-28-47)67-61-25-12-10-23-55(61)57-40-50(31-37-63(57)67)51-32-38-64-58(41-51)60-42-59-56-24-11-13-26-62(56)68(53-35-29-48(30-36-53)45-17-6-2-7-18-45)65(59)43-66(60)69(64)54-22-14-21-49(39-54)46-19-8-3-9-20-46;1-3-14-42(15-4-1)45-26-31-50(32-27-45)65-59-24-11-9-22-53(59)55-38-48(29-34-61(55)65)49-30-35-62-56(39-49)58-40-57-54-23-10-12-25-60(54)67(52-33-28-44-18-7-8-19-46(44)37-52)63(57)41-64(58)66(62)51-21-13-20-47(36-51)43-16-5-2-6-17-43/h1-43H;1-41H. The van der Waals surface area contributed by atoms with E-state index in [9.17, 15) is 0 Å². The van der Waals surface area contributed by atoms with Crippen LogP contribution in [0, 0.1) is 0 Å². The molecule has 0 bridgehead atoms. The van der Waals surface area contributed by atoms with E-state index in [1.807, 2.05) is 0 Å². The van der Waals surface area contributed by atoms with Crippen molar-refractivity contribution in [1.82, 2.24) is 27.4 Å². The van der Waals surface area contributed by atoms with Crippen molar-refractivity contribution in [1.29, 1.82) is 0 Å². The number of hydrogen-bond acceptors (Lipinski definition) is 0. The molecule has 6 heterocycles. The Morgan fingerprint density at radius 1 is 0.0882 bits per heavy atom. The first kappa shape index (κ1) is 77.8. The van der Waals surface area contributed by atoms with E-state index in [0.717, 1.165) is 34.1 Å². The molecule has 634 valence electrons. The molecule has 6 nitrogen and oxygen atoms in total. The molecule has 6 aromatic heterocycles. The van der Waals surface area contributed by atoms with Gasteiger partial charge in [0.15, 0.2) is 0 Å². The average molecular weight is 1730 g/mol. The molecule has 0 unspecified atom stereocenters. The van der Waals surface area contributed by atoms with Crippen LogP contribution in [0.1, 0.15) is 0 Å². The highest BCUT2D eigenvalue weighted by Crippen LogP contribution is 2.47. The van der Waals surface area contributed by atoms with Crippen LogP contribution >= 0.6 is 0 Å². The number of para-hydroxylation sites is 4. The highest BCUT2D eigenvalue weighted by atomic mass is 15.0. The largest absolute Gasteiger partial charge is 0.309 e. The van der Waals surface area contributed by atoms with Gasteiger partial charge in [0.05, 0.1) is 66.2 Å². The number of fused-ring (bicyclic) bond motifs is 19. The van der Waals surface area contributed by atoms with Crippen molar-refractivity contribution in [3.05, 3.63) is 510 Å². The molecule has 0 saturated carbocycles. The van der Waals surface area contributed by atoms with E-state index in [1.165, 1.54) is 219 Å². The van der Waals surface area contributed by atoms with Gasteiger partial charge in [0.25, 0.3) is 0 Å². The molecule has 0 aliphatic carbocycles. The summed E-state index contributed by atoms with van der Waals surface area (Å²) >= 11 is 0. The zero-order valence-electron chi connectivity index (χ0n) is 74.2. The molecule has 0 N–H and O–H groups in total. The van der Waals surface area contributed by atoms with Crippen LogP contribution in [-0.2, 0) is 0 Å². The molecule has 0 aliphatic rings. The van der Waals surface area contributed by atoms with Gasteiger partial charge >= 0.3 is 0 Å². The van der Waals surface area contributed by atoms with Gasteiger partial charge < -0.3 is 27.4 Å². The van der Waals surface area contributed by atoms with Gasteiger partial charge in [-0.25, -0.2) is 0 Å². The maximum absolute atomic E-state index is 2.47. The van der Waals surface area contributed by atoms with Crippen molar-refractivity contribution in [2.75, 3.05) is 0 Å². The van der Waals surface area contributed by atoms with Crippen molar-refractivity contribution < 1.29 is 0 Å². The van der Waals surface area contributed by atoms with Crippen molar-refractivity contribution in [2.24, 2.45) is 0 Å². The molecular formula is C130H84N6. The molecule has 0 spiro atoms. The van der Waals surface area contributed by atoms with E-state index < -0.39 is 0 Å². The maximum atomic E-state index is 2.47. The monoisotopic (exact) mass is 1730 g/mol. The molecule has 0 radical (unpaired) electrons. The Balaban J connectivity index is 0.000000138. The summed E-state index contributed by atoms with van der Waals surface area (Å²) in [4.78, 5) is 0. The number of aromatic nitrogens is 6. The van der Waals surface area contributed by atoms with Gasteiger partial charge in [-0.05, 0) is 259 Å². The van der Waals surface area contributed by atoms with Crippen LogP contribution in [0.15, 0.2) is 510 Å². The van der Waals surface area contributed by atoms with Gasteiger partial charge in [0, 0.05) is 98.8 Å². The predicted molar refractivity (Wildman–Crippen MR) is 574 cm³/mol. The molecular weight excluding hydrogens is 1650 g/mol. The second kappa shape index (κ2) is 31.9. The summed E-state index contributed by atoms with van der Waals surface area (Å²) in [5.41, 5.74) is 37.9. The molecule has 0 atom stereocenters. The van der Waals surface area contributed by atoms with E-state index >= 15 is 0 Å². The van der Waals surface area contributed by atoms with E-state index in [4.69, 9.17) is 0 Å². The minimum Gasteiger partial charge on any atom is -0.309 e. The van der Waals surface area contributed by atoms with Crippen LogP contribution in [0.3, 0.4) is 0 Å². The van der Waals surface area contributed by atoms with Crippen LogP contribution in [0.25, 0.3) is 254 Å². The number of benzene rings is 22. The Labute approximate surface area is 785 Å². The van der Waals surface area contributed by atoms with Crippen molar-refractivity contribution >= 4 is 142 Å². The lowest BCUT2D eigenvalue weighted by Crippen LogP contribution is -1.96. The first-order valence-electron chi connectivity index (χ1n) is 46.8. The quantitative estimate of drug-likeness (QED) is 0.110. The molecule has 6 heteroatoms. The van der Waals surface area contributed by atoms with Crippen LogP contribution in [0.5, 0.6) is 0 Å². The smallest absolute Gasteiger partial charge is 0.0562 e. The summed E-state index contributed by atoms with van der Waals surface area (Å²) < 4.78 is 14.7. The molecule has 136 heavy (non-hydrogen) atoms. The summed E-state index contributed by atoms with van der Waals surface area (Å²) in [6.45, 7) is 0. The van der Waals surface area contributed by atoms with E-state index in [0.29, 0.717) is 0 Å². The van der Waals surface area contributed by atoms with Crippen LogP contribution < -0.4 is 0 Å². The summed E-state index contributed by atoms with van der Waals surface area (Å²) in [6, 6.07) is 187. The van der Waals surface area contributed by atoms with Gasteiger partial charge in [-0.3, -0.25) is 0 Å². The predicted octanol–water partition coefficient (Wildman–Crippen LogP) is 34.8. The zero-order valence-corrected chi connectivity index (χ0v) is 74.2. The minimum absolute atomic E-state index is 1.13. The summed E-state index contributed by atoms with van der Waals surface area (Å²) in [5.74, 6) is 0. The zero-order chi connectivity index (χ0) is 89.4. The second-order valence-corrected chi connectivity index (χ2v) is 35.9. The Kier molecular flexibility index (Phi) is 18.2. The summed E-state index contributed by atoms with van der Waals surface area (Å²) in [6.07, 6.45) is 0. The third-order valence-corrected chi connectivity index (χ3v) is 28.2. The molecule has 0 aliphatic heterocycles. The van der Waals surface area contributed by atoms with Crippen LogP contribution in [0.4, 0.5) is 0 Å². The topological polar surface area (TPSA) is 29.6 Å². The van der Waals surface area contributed by atoms with Gasteiger partial charge in [-0.15, -0.1) is 0 Å². The SMILES string of the molecule is c1ccc(-c2ccc(-n3c4ccccc4c4cc(-c5ccc6c(c5)c5cc7c8ccccc8n(-c8ccc(-c9ccccc9)cc8)c7cc5n6-c5cccc(-c6ccccc6)c5)ccc43)cc2)cc1.c1ccc(-c2ccc(-n3c4ccccc4c4cc(-c5ccc6c(c5)c5cc7c8ccccc8n(-c8ccc9ccccc9c8)c7cc5n6-c5cccc(-c6ccccc6)c5)ccc43)cc2)cc1. The Hall–Kier alpha value is -18.1. The third kappa shape index (κ3) is 12.9. The van der Waals surface area contributed by atoms with Gasteiger partial charge in [-0.1, -0.05) is 340 Å². The van der Waals surface area contributed by atoms with Gasteiger partial charge in [0.1, 0.15) is 0 Å². The Morgan fingerprint density at radius 2 is 0.294 bits per heavy atom. The maximum Gasteiger partial charge on any atom is 0.0562 e. The number of rotatable bonds is 13. The average Bonchev–Trinajstić information content (AvgIpc) is 1.55. The first-order valence-corrected chi connectivity index (χ1v) is 46.8. The van der Waals surface area contributed by atoms with E-state index in [2.05, 4.69) is 537 Å². The van der Waals surface area contributed by atoms with E-state index in [1.54, 1.807) is 0 Å². The van der Waals surface area contributed by atoms with Crippen LogP contribution in [0.2, 0.25) is 0 Å². The number of nitrogens with zero attached hydrogens (tertiary/aromatic N) is 6. The fourth-order valence-electron chi connectivity index (χ4n) is 21.8. The van der Waals surface area contributed by atoms with Gasteiger partial charge in [-0.2, -0.15) is 0 Å². The Morgan fingerprint density at radius 3 is 0.625 bits per heavy atom. The molecule has 0 saturated heterocycles. The fourth-order valence-corrected chi connectivity index (χ4v) is 21.8. The summed E-state index contributed by atoms with van der Waals surface area (Å²) in [7, 11) is 0. The van der Waals surface area contributed by atoms with Gasteiger partial charge in [0.2, 0.25) is 0 Å². The second-order valence-electron chi connectivity index (χ2n) is 35.9. The summed E-state index contributed by atoms with van der Waals surface area (Å²) in [5, 5.41) is 17.3. The molecule has 28 aromatic rings. The van der Waals surface area contributed by atoms with Crippen molar-refractivity contribution in [3.63, 3.8) is 0 Å². The minimum atomic E-state index is 1.13.